The average Bonchev–Trinajstić information content (AvgIpc) is 3.00. The van der Waals surface area contributed by atoms with E-state index in [9.17, 15) is 4.79 Å². The molecule has 1 amide bonds. The van der Waals surface area contributed by atoms with Gasteiger partial charge in [-0.25, -0.2) is 4.98 Å². The van der Waals surface area contributed by atoms with E-state index in [2.05, 4.69) is 36.1 Å². The van der Waals surface area contributed by atoms with Crippen molar-refractivity contribution in [3.8, 4) is 0 Å². The number of anilines is 1. The van der Waals surface area contributed by atoms with Crippen molar-refractivity contribution < 1.29 is 9.21 Å². The standard InChI is InChI=1S/C22H21N3O2/c1-22(2,3)13-20-25-18-12-16(7-9-19(18)27-20)24-21(26)15-6-8-17-14(11-15)5-4-10-23-17/h4-12H,13H2,1-3H3,(H,24,26). The fourth-order valence-electron chi connectivity index (χ4n) is 3.00. The van der Waals surface area contributed by atoms with Crippen molar-refractivity contribution in [1.29, 1.82) is 0 Å². The summed E-state index contributed by atoms with van der Waals surface area (Å²) in [6, 6.07) is 14.8. The van der Waals surface area contributed by atoms with Crippen LogP contribution in [0, 0.1) is 5.41 Å². The molecule has 2 aromatic heterocycles. The number of hydrogen-bond donors (Lipinski definition) is 1. The smallest absolute Gasteiger partial charge is 0.255 e. The molecule has 2 aromatic carbocycles. The second kappa shape index (κ2) is 6.50. The van der Waals surface area contributed by atoms with Crippen LogP contribution in [0.5, 0.6) is 0 Å². The summed E-state index contributed by atoms with van der Waals surface area (Å²) < 4.78 is 5.81. The van der Waals surface area contributed by atoms with E-state index in [0.29, 0.717) is 17.1 Å². The zero-order valence-electron chi connectivity index (χ0n) is 15.6. The molecular weight excluding hydrogens is 338 g/mol. The van der Waals surface area contributed by atoms with Gasteiger partial charge in [-0.1, -0.05) is 26.8 Å². The maximum absolute atomic E-state index is 12.6. The predicted octanol–water partition coefficient (Wildman–Crippen LogP) is 5.22. The number of hydrogen-bond acceptors (Lipinski definition) is 4. The first kappa shape index (κ1) is 17.2. The highest BCUT2D eigenvalue weighted by Crippen LogP contribution is 2.25. The zero-order chi connectivity index (χ0) is 19.0. The Kier molecular flexibility index (Phi) is 4.15. The highest BCUT2D eigenvalue weighted by molar-refractivity contribution is 6.06. The molecule has 1 N–H and O–H groups in total. The molecule has 5 nitrogen and oxygen atoms in total. The van der Waals surface area contributed by atoms with E-state index in [1.54, 1.807) is 12.3 Å². The van der Waals surface area contributed by atoms with Crippen molar-refractivity contribution in [3.05, 3.63) is 66.2 Å². The molecule has 4 aromatic rings. The van der Waals surface area contributed by atoms with Gasteiger partial charge < -0.3 is 9.73 Å². The molecule has 0 aliphatic rings. The Balaban J connectivity index is 1.57. The van der Waals surface area contributed by atoms with E-state index >= 15 is 0 Å². The maximum Gasteiger partial charge on any atom is 0.255 e. The molecule has 0 fully saturated rings. The van der Waals surface area contributed by atoms with Crippen molar-refractivity contribution in [3.63, 3.8) is 0 Å². The molecule has 0 saturated heterocycles. The highest BCUT2D eigenvalue weighted by atomic mass is 16.3. The molecule has 136 valence electrons. The third-order valence-corrected chi connectivity index (χ3v) is 4.24. The molecule has 4 rings (SSSR count). The van der Waals surface area contributed by atoms with Crippen LogP contribution < -0.4 is 5.32 Å². The number of nitrogens with zero attached hydrogens (tertiary/aromatic N) is 2. The number of fused-ring (bicyclic) bond motifs is 2. The Bertz CT molecular complexity index is 1140. The third-order valence-electron chi connectivity index (χ3n) is 4.24. The fraction of sp³-hybridized carbons (Fsp3) is 0.227. The summed E-state index contributed by atoms with van der Waals surface area (Å²) in [4.78, 5) is 21.4. The van der Waals surface area contributed by atoms with Crippen LogP contribution in [0.4, 0.5) is 5.69 Å². The van der Waals surface area contributed by atoms with Gasteiger partial charge in [0.1, 0.15) is 5.52 Å². The predicted molar refractivity (Wildman–Crippen MR) is 107 cm³/mol. The van der Waals surface area contributed by atoms with E-state index in [0.717, 1.165) is 28.4 Å². The van der Waals surface area contributed by atoms with Crippen LogP contribution in [0.1, 0.15) is 37.0 Å². The summed E-state index contributed by atoms with van der Waals surface area (Å²) in [5.41, 5.74) is 3.71. The molecule has 0 bridgehead atoms. The molecule has 0 atom stereocenters. The second-order valence-corrected chi connectivity index (χ2v) is 7.89. The van der Waals surface area contributed by atoms with Crippen molar-refractivity contribution in [1.82, 2.24) is 9.97 Å². The number of nitrogens with one attached hydrogen (secondary N) is 1. The van der Waals surface area contributed by atoms with Crippen molar-refractivity contribution in [2.75, 3.05) is 5.32 Å². The third kappa shape index (κ3) is 3.82. The molecule has 0 unspecified atom stereocenters. The average molecular weight is 359 g/mol. The second-order valence-electron chi connectivity index (χ2n) is 7.89. The van der Waals surface area contributed by atoms with Crippen molar-refractivity contribution in [2.24, 2.45) is 5.41 Å². The number of aromatic nitrogens is 2. The molecule has 27 heavy (non-hydrogen) atoms. The zero-order valence-corrected chi connectivity index (χ0v) is 15.6. The number of amides is 1. The van der Waals surface area contributed by atoms with Gasteiger partial charge in [0, 0.05) is 29.3 Å². The maximum atomic E-state index is 12.6. The quantitative estimate of drug-likeness (QED) is 0.545. The number of carbonyl (C=O) groups is 1. The summed E-state index contributed by atoms with van der Waals surface area (Å²) in [6.45, 7) is 6.44. The van der Waals surface area contributed by atoms with Gasteiger partial charge in [0.05, 0.1) is 5.52 Å². The SMILES string of the molecule is CC(C)(C)Cc1nc2cc(NC(=O)c3ccc4ncccc4c3)ccc2o1. The lowest BCUT2D eigenvalue weighted by atomic mass is 9.92. The summed E-state index contributed by atoms with van der Waals surface area (Å²) in [6.07, 6.45) is 2.50. The van der Waals surface area contributed by atoms with Crippen LogP contribution in [0.15, 0.2) is 59.1 Å². The van der Waals surface area contributed by atoms with E-state index in [1.807, 2.05) is 42.5 Å². The van der Waals surface area contributed by atoms with Crippen LogP contribution in [0.3, 0.4) is 0 Å². The minimum Gasteiger partial charge on any atom is -0.441 e. The number of pyridine rings is 1. The first-order valence-corrected chi connectivity index (χ1v) is 8.93. The van der Waals surface area contributed by atoms with Gasteiger partial charge in [0.2, 0.25) is 0 Å². The molecule has 0 aliphatic heterocycles. The molecular formula is C22H21N3O2. The molecule has 0 spiro atoms. The lowest BCUT2D eigenvalue weighted by molar-refractivity contribution is 0.102. The minimum absolute atomic E-state index is 0.100. The highest BCUT2D eigenvalue weighted by Gasteiger charge is 2.16. The van der Waals surface area contributed by atoms with Gasteiger partial charge in [0.25, 0.3) is 5.91 Å². The Hall–Kier alpha value is -3.21. The minimum atomic E-state index is -0.168. The van der Waals surface area contributed by atoms with E-state index < -0.39 is 0 Å². The van der Waals surface area contributed by atoms with Gasteiger partial charge in [-0.2, -0.15) is 0 Å². The lowest BCUT2D eigenvalue weighted by Crippen LogP contribution is -2.11. The monoisotopic (exact) mass is 359 g/mol. The van der Waals surface area contributed by atoms with Crippen LogP contribution >= 0.6 is 0 Å². The normalized spacial score (nSPS) is 11.8. The molecule has 2 heterocycles. The summed E-state index contributed by atoms with van der Waals surface area (Å²) >= 11 is 0. The Morgan fingerprint density at radius 1 is 1.07 bits per heavy atom. The van der Waals surface area contributed by atoms with Gasteiger partial charge >= 0.3 is 0 Å². The number of benzene rings is 2. The Morgan fingerprint density at radius 2 is 1.93 bits per heavy atom. The van der Waals surface area contributed by atoms with Crippen molar-refractivity contribution in [2.45, 2.75) is 27.2 Å². The van der Waals surface area contributed by atoms with Gasteiger partial charge in [-0.15, -0.1) is 0 Å². The summed E-state index contributed by atoms with van der Waals surface area (Å²) in [5, 5.41) is 3.87. The Morgan fingerprint density at radius 3 is 2.74 bits per heavy atom. The van der Waals surface area contributed by atoms with Crippen LogP contribution in [0.25, 0.3) is 22.0 Å². The van der Waals surface area contributed by atoms with Gasteiger partial charge in [-0.3, -0.25) is 9.78 Å². The lowest BCUT2D eigenvalue weighted by Gasteiger charge is -2.14. The topological polar surface area (TPSA) is 68.0 Å². The number of oxazole rings is 1. The molecule has 5 heteroatoms. The summed E-state index contributed by atoms with van der Waals surface area (Å²) in [7, 11) is 0. The van der Waals surface area contributed by atoms with E-state index in [1.165, 1.54) is 0 Å². The molecule has 0 aliphatic carbocycles. The van der Waals surface area contributed by atoms with Crippen LogP contribution in [-0.2, 0) is 6.42 Å². The van der Waals surface area contributed by atoms with E-state index in [4.69, 9.17) is 4.42 Å². The van der Waals surface area contributed by atoms with Crippen LogP contribution in [-0.4, -0.2) is 15.9 Å². The van der Waals surface area contributed by atoms with Gasteiger partial charge in [0.15, 0.2) is 11.5 Å². The largest absolute Gasteiger partial charge is 0.441 e. The first-order chi connectivity index (χ1) is 12.9. The number of carbonyl (C=O) groups excluding carboxylic acids is 1. The van der Waals surface area contributed by atoms with Gasteiger partial charge in [-0.05, 0) is 47.9 Å². The summed E-state index contributed by atoms with van der Waals surface area (Å²) in [5.74, 6) is 0.543. The number of rotatable bonds is 3. The Labute approximate surface area is 157 Å². The molecule has 0 saturated carbocycles. The van der Waals surface area contributed by atoms with Crippen LogP contribution in [0.2, 0.25) is 0 Å². The first-order valence-electron chi connectivity index (χ1n) is 8.93. The fourth-order valence-corrected chi connectivity index (χ4v) is 3.00. The van der Waals surface area contributed by atoms with Crippen molar-refractivity contribution >= 4 is 33.6 Å². The van der Waals surface area contributed by atoms with E-state index in [-0.39, 0.29) is 11.3 Å². The molecule has 0 radical (unpaired) electrons.